The number of hydrogen-bond acceptors (Lipinski definition) is 32. The molecule has 0 heterocycles. The molecule has 0 amide bonds. The van der Waals surface area contributed by atoms with E-state index < -0.39 is 23.9 Å². The van der Waals surface area contributed by atoms with Gasteiger partial charge < -0.3 is 128 Å². The van der Waals surface area contributed by atoms with Crippen molar-refractivity contribution >= 4 is 29.8 Å². The highest BCUT2D eigenvalue weighted by molar-refractivity contribution is 5.88. The SMILES string of the molecule is C.C=C(C)C(=O)OCCOCC(C)OCC(C)OCC(C)OCC(C)C.C=C(C)C(=O)OCCOCCOCCC.C=C(C)C(=O)OCCOCCOCCOCCOCCOCCC.C=C(C)C(=O)OCCOCCOCCOCCOCCOCCOCCOCCOCCOCCOCCC.C=CC(=O)OCC(C)(CC)CO. The largest absolute Gasteiger partial charge is 0.462 e. The second-order valence-corrected chi connectivity index (χ2v) is 26.1. The molecule has 32 heteroatoms. The molecule has 0 fully saturated rings. The first-order chi connectivity index (χ1) is 55.3. The lowest BCUT2D eigenvalue weighted by Crippen LogP contribution is -2.27. The van der Waals surface area contributed by atoms with Gasteiger partial charge in [-0.1, -0.05) is 88.8 Å². The second kappa shape index (κ2) is 97.3. The molecule has 0 aliphatic rings. The van der Waals surface area contributed by atoms with Gasteiger partial charge in [-0.15, -0.1) is 0 Å². The molecule has 0 rings (SSSR count). The van der Waals surface area contributed by atoms with Gasteiger partial charge in [0.15, 0.2) is 0 Å². The van der Waals surface area contributed by atoms with Crippen molar-refractivity contribution in [3.8, 4) is 0 Å². The topological polar surface area (TPSA) is 346 Å². The lowest BCUT2D eigenvalue weighted by Gasteiger charge is -2.24. The molecule has 0 saturated carbocycles. The molecule has 0 bridgehead atoms. The van der Waals surface area contributed by atoms with Crippen LogP contribution >= 0.6 is 0 Å². The van der Waals surface area contributed by atoms with E-state index in [0.29, 0.717) is 259 Å². The van der Waals surface area contributed by atoms with Crippen LogP contribution in [0.4, 0.5) is 0 Å². The van der Waals surface area contributed by atoms with Crippen LogP contribution in [0.1, 0.15) is 130 Å². The van der Waals surface area contributed by atoms with Crippen molar-refractivity contribution in [1.29, 1.82) is 0 Å². The minimum atomic E-state index is -0.442. The molecule has 0 aromatic rings. The molecule has 0 aromatic heterocycles. The number of aliphatic hydroxyl groups excluding tert-OH is 1. The third-order valence-corrected chi connectivity index (χ3v) is 13.8. The van der Waals surface area contributed by atoms with Crippen molar-refractivity contribution < 1.29 is 152 Å². The first kappa shape index (κ1) is 122. The van der Waals surface area contributed by atoms with Gasteiger partial charge in [-0.05, 0) is 80.1 Å². The summed E-state index contributed by atoms with van der Waals surface area (Å²) in [5.74, 6) is -1.50. The van der Waals surface area contributed by atoms with Gasteiger partial charge >= 0.3 is 29.8 Å². The smallest absolute Gasteiger partial charge is 0.333 e. The van der Waals surface area contributed by atoms with Crippen LogP contribution in [0.25, 0.3) is 0 Å². The molecule has 4 atom stereocenters. The number of esters is 5. The maximum Gasteiger partial charge on any atom is 0.333 e. The summed E-state index contributed by atoms with van der Waals surface area (Å²) in [6.45, 7) is 65.6. The monoisotopic (exact) mass is 1680 g/mol. The minimum absolute atomic E-state index is 0. The highest BCUT2D eigenvalue weighted by Crippen LogP contribution is 2.20. The Morgan fingerprint density at radius 1 is 0.302 bits per heavy atom. The standard InChI is InChI=1S/C27H52O12.C19H36O6.C17H32O7.C11H20O4.C9H16O3.CH4/c1-4-5-29-6-7-30-8-9-31-10-11-32-12-13-33-14-15-34-16-17-35-18-19-36-20-21-37-22-23-38-24-25-39-27(28)26(2)3;1-14(2)10-23-17(6)12-25-18(7)13-24-16(5)11-21-8-9-22-19(20)15(3)4;1-4-5-19-6-7-20-8-9-21-10-11-22-12-13-23-14-15-24-17(18)16(2)3;1-4-5-13-6-7-14-8-9-15-11(12)10(2)3;1-4-8(11)12-7-9(3,5-2)6-10;/h2,4-25H2,1,3H3;14,16-18H,3,8-13H2,1-2,4-7H3;2,4-15H2,1,3H3;2,4-9H2,1,3H3;4,10H,1,5-7H2,2-3H3;1H4. The van der Waals surface area contributed by atoms with Crippen LogP contribution in [0.2, 0.25) is 0 Å². The molecule has 116 heavy (non-hydrogen) atoms. The molecule has 4 unspecified atom stereocenters. The molecule has 688 valence electrons. The number of aliphatic hydroxyl groups is 1. The lowest BCUT2D eigenvalue weighted by molar-refractivity contribution is -0.142. The van der Waals surface area contributed by atoms with E-state index in [9.17, 15) is 24.0 Å². The predicted octanol–water partition coefficient (Wildman–Crippen LogP) is 9.58. The van der Waals surface area contributed by atoms with E-state index in [2.05, 4.69) is 67.5 Å². The Morgan fingerprint density at radius 3 is 0.672 bits per heavy atom. The molecule has 32 nitrogen and oxygen atoms in total. The predicted molar refractivity (Wildman–Crippen MR) is 443 cm³/mol. The van der Waals surface area contributed by atoms with Crippen molar-refractivity contribution in [3.05, 3.63) is 61.3 Å². The summed E-state index contributed by atoms with van der Waals surface area (Å²) in [5, 5.41) is 8.95. The fraction of sp³-hybridized carbons (Fsp3) is 0.821. The summed E-state index contributed by atoms with van der Waals surface area (Å²) < 4.78 is 138. The van der Waals surface area contributed by atoms with Crippen molar-refractivity contribution in [2.75, 3.05) is 297 Å². The molecule has 0 saturated heterocycles. The molecule has 0 aliphatic carbocycles. The quantitative estimate of drug-likeness (QED) is 0.0256. The van der Waals surface area contributed by atoms with Gasteiger partial charge in [0.2, 0.25) is 0 Å². The Balaban J connectivity index is -0.000000344. The van der Waals surface area contributed by atoms with Crippen molar-refractivity contribution in [2.24, 2.45) is 11.3 Å². The minimum Gasteiger partial charge on any atom is -0.462 e. The van der Waals surface area contributed by atoms with Gasteiger partial charge in [-0.25, -0.2) is 24.0 Å². The Kier molecular flexibility index (Phi) is 102. The van der Waals surface area contributed by atoms with Gasteiger partial charge in [0.05, 0.1) is 263 Å². The fourth-order valence-corrected chi connectivity index (χ4v) is 7.00. The second-order valence-electron chi connectivity index (χ2n) is 26.1. The molecule has 0 radical (unpaired) electrons. The normalized spacial score (nSPS) is 12.1. The third-order valence-electron chi connectivity index (χ3n) is 13.8. The highest BCUT2D eigenvalue weighted by atomic mass is 16.6. The first-order valence-electron chi connectivity index (χ1n) is 40.3. The lowest BCUT2D eigenvalue weighted by atomic mass is 9.90. The summed E-state index contributed by atoms with van der Waals surface area (Å²) in [6.07, 6.45) is 4.96. The van der Waals surface area contributed by atoms with Crippen LogP contribution in [0.3, 0.4) is 0 Å². The summed E-state index contributed by atoms with van der Waals surface area (Å²) in [6, 6.07) is 0. The Hall–Kier alpha value is -4.83. The van der Waals surface area contributed by atoms with Crippen LogP contribution in [0.15, 0.2) is 61.3 Å². The van der Waals surface area contributed by atoms with Crippen molar-refractivity contribution in [3.63, 3.8) is 0 Å². The number of carbonyl (C=O) groups is 5. The van der Waals surface area contributed by atoms with E-state index in [1.807, 2.05) is 34.6 Å². The van der Waals surface area contributed by atoms with E-state index in [1.165, 1.54) is 0 Å². The molecule has 1 N–H and O–H groups in total. The molecular formula is C84H160O32. The van der Waals surface area contributed by atoms with Crippen LogP contribution in [-0.4, -0.2) is 351 Å². The zero-order valence-electron chi connectivity index (χ0n) is 73.2. The average molecular weight is 1680 g/mol. The van der Waals surface area contributed by atoms with Gasteiger partial charge in [0.25, 0.3) is 0 Å². The van der Waals surface area contributed by atoms with Crippen LogP contribution < -0.4 is 0 Å². The van der Waals surface area contributed by atoms with E-state index in [-0.39, 0.29) is 76.8 Å². The number of rotatable bonds is 80. The third kappa shape index (κ3) is 103. The van der Waals surface area contributed by atoms with Crippen molar-refractivity contribution in [1.82, 2.24) is 0 Å². The van der Waals surface area contributed by atoms with E-state index >= 15 is 0 Å². The van der Waals surface area contributed by atoms with Crippen LogP contribution in [0, 0.1) is 11.3 Å². The number of carbonyl (C=O) groups excluding carboxylic acids is 5. The van der Waals surface area contributed by atoms with E-state index in [0.717, 1.165) is 58.2 Å². The van der Waals surface area contributed by atoms with Crippen LogP contribution in [0.5, 0.6) is 0 Å². The molecule has 0 aromatic carbocycles. The van der Waals surface area contributed by atoms with Gasteiger partial charge in [-0.3, -0.25) is 0 Å². The average Bonchev–Trinajstić information content (AvgIpc) is 1.01. The summed E-state index contributed by atoms with van der Waals surface area (Å²) in [7, 11) is 0. The zero-order chi connectivity index (χ0) is 86.7. The summed E-state index contributed by atoms with van der Waals surface area (Å²) in [5.41, 5.74) is 1.22. The molecule has 0 spiro atoms. The molecule has 0 aliphatic heterocycles. The van der Waals surface area contributed by atoms with E-state index in [4.69, 9.17) is 128 Å². The van der Waals surface area contributed by atoms with E-state index in [1.54, 1.807) is 27.7 Å². The van der Waals surface area contributed by atoms with Gasteiger partial charge in [-0.2, -0.15) is 0 Å². The fourth-order valence-electron chi connectivity index (χ4n) is 7.00. The maximum atomic E-state index is 11.2. The number of hydrogen-bond donors (Lipinski definition) is 1. The Labute approximate surface area is 697 Å². The Bertz CT molecular complexity index is 2220. The Morgan fingerprint density at radius 2 is 0.491 bits per heavy atom. The number of ether oxygens (including phenoxy) is 26. The first-order valence-corrected chi connectivity index (χ1v) is 40.3. The van der Waals surface area contributed by atoms with Crippen molar-refractivity contribution in [2.45, 2.75) is 148 Å². The molecular weight excluding hydrogens is 1520 g/mol. The maximum absolute atomic E-state index is 11.2. The van der Waals surface area contributed by atoms with Gasteiger partial charge in [0.1, 0.15) is 26.4 Å². The van der Waals surface area contributed by atoms with Gasteiger partial charge in [0, 0.05) is 60.2 Å². The summed E-state index contributed by atoms with van der Waals surface area (Å²) in [4.78, 5) is 55.0. The summed E-state index contributed by atoms with van der Waals surface area (Å²) >= 11 is 0. The zero-order valence-corrected chi connectivity index (χ0v) is 73.2. The van der Waals surface area contributed by atoms with Crippen LogP contribution in [-0.2, 0) is 147 Å². The highest BCUT2D eigenvalue weighted by Gasteiger charge is 2.23.